The van der Waals surface area contributed by atoms with Gasteiger partial charge in [0.2, 0.25) is 0 Å². The van der Waals surface area contributed by atoms with Crippen molar-refractivity contribution in [3.63, 3.8) is 0 Å². The highest BCUT2D eigenvalue weighted by Gasteiger charge is 2.57. The Kier molecular flexibility index (Phi) is 8.87. The standard InChI is InChI=1S/C41H68/c1-4-12-28(13-5-1)33-23-34(29-14-6-2-7-15-29)25-35(24-33)37-20-21-38(30-16-8-3-9-17-30)41-39-26-32-19-11-10-18-31(32)22-36(39)27-40(37)41/h28-41H,1-27H2. The van der Waals surface area contributed by atoms with E-state index in [1.54, 1.807) is 173 Å². The van der Waals surface area contributed by atoms with Crippen LogP contribution in [0.3, 0.4) is 0 Å². The normalized spacial score (nSPS) is 48.7. The third kappa shape index (κ3) is 5.78. The minimum Gasteiger partial charge on any atom is -0.0533 e. The van der Waals surface area contributed by atoms with Crippen molar-refractivity contribution in [3.05, 3.63) is 0 Å². The van der Waals surface area contributed by atoms with Gasteiger partial charge in [0.15, 0.2) is 0 Å². The third-order valence-corrected chi connectivity index (χ3v) is 16.6. The van der Waals surface area contributed by atoms with E-state index in [1.165, 1.54) is 0 Å². The molecule has 0 aromatic heterocycles. The Morgan fingerprint density at radius 1 is 0.195 bits per heavy atom. The molecule has 0 spiro atoms. The molecule has 8 aliphatic rings. The van der Waals surface area contributed by atoms with Crippen LogP contribution in [-0.2, 0) is 0 Å². The van der Waals surface area contributed by atoms with Gasteiger partial charge in [-0.25, -0.2) is 0 Å². The summed E-state index contributed by atoms with van der Waals surface area (Å²) in [5.41, 5.74) is 0. The molecule has 10 atom stereocenters. The third-order valence-electron chi connectivity index (χ3n) is 16.6. The minimum absolute atomic E-state index is 1.11. The summed E-state index contributed by atoms with van der Waals surface area (Å²) >= 11 is 0. The van der Waals surface area contributed by atoms with Gasteiger partial charge in [-0.1, -0.05) is 122 Å². The van der Waals surface area contributed by atoms with Crippen LogP contribution in [0.4, 0.5) is 0 Å². The maximum atomic E-state index is 1.70. The van der Waals surface area contributed by atoms with Crippen LogP contribution < -0.4 is 0 Å². The highest BCUT2D eigenvalue weighted by Crippen LogP contribution is 2.65. The first-order valence-corrected chi connectivity index (χ1v) is 20.3. The molecule has 0 N–H and O–H groups in total. The van der Waals surface area contributed by atoms with Crippen LogP contribution in [-0.4, -0.2) is 0 Å². The van der Waals surface area contributed by atoms with E-state index in [-0.39, 0.29) is 0 Å². The van der Waals surface area contributed by atoms with Crippen LogP contribution in [0.1, 0.15) is 173 Å². The van der Waals surface area contributed by atoms with Crippen LogP contribution >= 0.6 is 0 Å². The lowest BCUT2D eigenvalue weighted by Gasteiger charge is -2.52. The molecule has 0 heteroatoms. The number of hydrogen-bond acceptors (Lipinski definition) is 0. The van der Waals surface area contributed by atoms with Gasteiger partial charge >= 0.3 is 0 Å². The van der Waals surface area contributed by atoms with Crippen LogP contribution in [0, 0.1) is 82.9 Å². The highest BCUT2D eigenvalue weighted by molar-refractivity contribution is 5.06. The van der Waals surface area contributed by atoms with Gasteiger partial charge in [-0.15, -0.1) is 0 Å². The van der Waals surface area contributed by atoms with E-state index in [1.807, 2.05) is 0 Å². The molecule has 8 rings (SSSR count). The smallest absolute Gasteiger partial charge is 0.0321 e. The van der Waals surface area contributed by atoms with Crippen LogP contribution in [0.15, 0.2) is 0 Å². The highest BCUT2D eigenvalue weighted by atomic mass is 14.6. The van der Waals surface area contributed by atoms with Gasteiger partial charge in [-0.3, -0.25) is 0 Å². The molecule has 0 saturated heterocycles. The summed E-state index contributed by atoms with van der Waals surface area (Å²) in [5, 5.41) is 0. The molecule has 8 aliphatic carbocycles. The number of hydrogen-bond donors (Lipinski definition) is 0. The molecule has 0 radical (unpaired) electrons. The second-order valence-electron chi connectivity index (χ2n) is 18.3. The summed E-state index contributed by atoms with van der Waals surface area (Å²) in [6, 6.07) is 0. The quantitative estimate of drug-likeness (QED) is 0.321. The Balaban J connectivity index is 1.06. The van der Waals surface area contributed by atoms with E-state index in [0.717, 1.165) is 82.9 Å². The largest absolute Gasteiger partial charge is 0.0533 e. The second kappa shape index (κ2) is 12.8. The van der Waals surface area contributed by atoms with Gasteiger partial charge in [0.25, 0.3) is 0 Å². The van der Waals surface area contributed by atoms with Crippen molar-refractivity contribution >= 4 is 0 Å². The first-order valence-electron chi connectivity index (χ1n) is 20.3. The predicted octanol–water partition coefficient (Wildman–Crippen LogP) is 12.3. The summed E-state index contributed by atoms with van der Waals surface area (Å²) in [6.45, 7) is 0. The molecular weight excluding hydrogens is 492 g/mol. The lowest BCUT2D eigenvalue weighted by molar-refractivity contribution is -0.0305. The molecule has 232 valence electrons. The van der Waals surface area contributed by atoms with E-state index in [4.69, 9.17) is 0 Å². The van der Waals surface area contributed by atoms with Gasteiger partial charge < -0.3 is 0 Å². The first kappa shape index (κ1) is 28.5. The fraction of sp³-hybridized carbons (Fsp3) is 1.00. The molecule has 0 nitrogen and oxygen atoms in total. The zero-order valence-corrected chi connectivity index (χ0v) is 27.2. The predicted molar refractivity (Wildman–Crippen MR) is 174 cm³/mol. The van der Waals surface area contributed by atoms with Gasteiger partial charge in [0.1, 0.15) is 0 Å². The van der Waals surface area contributed by atoms with Crippen molar-refractivity contribution in [2.24, 2.45) is 82.9 Å². The van der Waals surface area contributed by atoms with E-state index in [0.29, 0.717) is 0 Å². The van der Waals surface area contributed by atoms with Crippen LogP contribution in [0.2, 0.25) is 0 Å². The Morgan fingerprint density at radius 2 is 0.585 bits per heavy atom. The lowest BCUT2D eigenvalue weighted by Crippen LogP contribution is -2.44. The molecule has 8 fully saturated rings. The molecule has 41 heavy (non-hydrogen) atoms. The monoisotopic (exact) mass is 561 g/mol. The fourth-order valence-corrected chi connectivity index (χ4v) is 14.9. The van der Waals surface area contributed by atoms with E-state index in [9.17, 15) is 0 Å². The Bertz CT molecular complexity index is 799. The zero-order chi connectivity index (χ0) is 27.2. The van der Waals surface area contributed by atoms with Crippen LogP contribution in [0.5, 0.6) is 0 Å². The Hall–Kier alpha value is 0. The van der Waals surface area contributed by atoms with Crippen molar-refractivity contribution in [2.45, 2.75) is 173 Å². The average molecular weight is 561 g/mol. The molecule has 8 saturated carbocycles. The maximum Gasteiger partial charge on any atom is -0.0321 e. The SMILES string of the molecule is C1CCC(C2CC(C3CCCCC3)CC(C3CCC(C4CCCCC4)C4C5CC6CCCCC6CC5CC34)C2)CC1. The van der Waals surface area contributed by atoms with Crippen molar-refractivity contribution in [3.8, 4) is 0 Å². The number of rotatable bonds is 4. The summed E-state index contributed by atoms with van der Waals surface area (Å²) in [4.78, 5) is 0. The van der Waals surface area contributed by atoms with Gasteiger partial charge in [-0.2, -0.15) is 0 Å². The van der Waals surface area contributed by atoms with Crippen molar-refractivity contribution in [1.29, 1.82) is 0 Å². The summed E-state index contributed by atoms with van der Waals surface area (Å²) < 4.78 is 0. The maximum absolute atomic E-state index is 1.70. The van der Waals surface area contributed by atoms with E-state index in [2.05, 4.69) is 0 Å². The molecule has 0 amide bonds. The van der Waals surface area contributed by atoms with E-state index >= 15 is 0 Å². The van der Waals surface area contributed by atoms with Gasteiger partial charge in [0.05, 0.1) is 0 Å². The summed E-state index contributed by atoms with van der Waals surface area (Å²) in [6.07, 6.45) is 43.3. The summed E-state index contributed by atoms with van der Waals surface area (Å²) in [5.74, 6) is 15.8. The molecule has 0 heterocycles. The van der Waals surface area contributed by atoms with Crippen LogP contribution in [0.25, 0.3) is 0 Å². The second-order valence-corrected chi connectivity index (χ2v) is 18.3. The molecule has 0 aromatic rings. The summed E-state index contributed by atoms with van der Waals surface area (Å²) in [7, 11) is 0. The average Bonchev–Trinajstić information content (AvgIpc) is 3.42. The van der Waals surface area contributed by atoms with E-state index < -0.39 is 0 Å². The Labute approximate surface area is 255 Å². The Morgan fingerprint density at radius 3 is 1.20 bits per heavy atom. The topological polar surface area (TPSA) is 0 Å². The first-order chi connectivity index (χ1) is 20.3. The molecule has 0 bridgehead atoms. The van der Waals surface area contributed by atoms with Gasteiger partial charge in [-0.05, 0) is 134 Å². The molecule has 10 unspecified atom stereocenters. The van der Waals surface area contributed by atoms with Gasteiger partial charge in [0, 0.05) is 0 Å². The number of fused-ring (bicyclic) bond motifs is 4. The van der Waals surface area contributed by atoms with Crippen molar-refractivity contribution < 1.29 is 0 Å². The fourth-order valence-electron chi connectivity index (χ4n) is 14.9. The molecule has 0 aliphatic heterocycles. The molecule has 0 aromatic carbocycles. The molecular formula is C41H68. The lowest BCUT2D eigenvalue weighted by atomic mass is 9.53. The minimum atomic E-state index is 1.11. The van der Waals surface area contributed by atoms with Crippen molar-refractivity contribution in [2.75, 3.05) is 0 Å². The van der Waals surface area contributed by atoms with Crippen molar-refractivity contribution in [1.82, 2.24) is 0 Å². The zero-order valence-electron chi connectivity index (χ0n) is 27.2.